The molecule has 0 radical (unpaired) electrons. The van der Waals surface area contributed by atoms with Gasteiger partial charge in [-0.05, 0) is 12.2 Å². The van der Waals surface area contributed by atoms with Gasteiger partial charge >= 0.3 is 0 Å². The first kappa shape index (κ1) is 12.4. The fraction of sp³-hybridized carbons (Fsp3) is 0.556. The van der Waals surface area contributed by atoms with Crippen LogP contribution in [-0.4, -0.2) is 44.8 Å². The Balaban J connectivity index is 2.35. The molecule has 0 amide bonds. The summed E-state index contributed by atoms with van der Waals surface area (Å²) in [5.74, 6) is 0. The minimum Gasteiger partial charge on any atom is -0.394 e. The first-order chi connectivity index (χ1) is 8.04. The highest BCUT2D eigenvalue weighted by molar-refractivity contribution is 7.71. The van der Waals surface area contributed by atoms with Crippen molar-refractivity contribution in [2.75, 3.05) is 6.61 Å². The molecule has 1 aliphatic heterocycles. The molecular formula is C9H11FN2O4S. The molecule has 0 aromatic carbocycles. The molecule has 1 aromatic heterocycles. The zero-order chi connectivity index (χ0) is 12.6. The van der Waals surface area contributed by atoms with Crippen molar-refractivity contribution in [2.45, 2.75) is 24.6 Å². The van der Waals surface area contributed by atoms with Crippen molar-refractivity contribution in [3.8, 4) is 0 Å². The Labute approximate surface area is 100 Å². The SMILES string of the molecule is O=c1ccn([C@@H]2O[C@H](CO)C(O)[C@H]2F)c(=S)[nH]1. The van der Waals surface area contributed by atoms with E-state index in [1.807, 2.05) is 0 Å². The molecular weight excluding hydrogens is 251 g/mol. The quantitative estimate of drug-likeness (QED) is 0.625. The van der Waals surface area contributed by atoms with E-state index in [1.54, 1.807) is 0 Å². The van der Waals surface area contributed by atoms with Crippen molar-refractivity contribution in [3.63, 3.8) is 0 Å². The summed E-state index contributed by atoms with van der Waals surface area (Å²) in [6.45, 7) is -0.491. The Morgan fingerprint density at radius 2 is 2.35 bits per heavy atom. The minimum absolute atomic E-state index is 0.00376. The summed E-state index contributed by atoms with van der Waals surface area (Å²) in [7, 11) is 0. The number of halogens is 1. The van der Waals surface area contributed by atoms with Crippen molar-refractivity contribution in [1.29, 1.82) is 0 Å². The second-order valence-electron chi connectivity index (χ2n) is 3.70. The number of aliphatic hydroxyl groups is 2. The third kappa shape index (κ3) is 2.16. The molecule has 0 saturated carbocycles. The summed E-state index contributed by atoms with van der Waals surface area (Å²) in [6.07, 6.45) is -4.00. The number of hydrogen-bond donors (Lipinski definition) is 3. The van der Waals surface area contributed by atoms with Gasteiger partial charge in [0.05, 0.1) is 6.61 Å². The second-order valence-corrected chi connectivity index (χ2v) is 4.09. The normalized spacial score (nSPS) is 32.9. The fourth-order valence-corrected chi connectivity index (χ4v) is 1.97. The van der Waals surface area contributed by atoms with Crippen LogP contribution in [0.5, 0.6) is 0 Å². The number of nitrogens with zero attached hydrogens (tertiary/aromatic N) is 1. The number of alkyl halides is 1. The van der Waals surface area contributed by atoms with Crippen LogP contribution in [0.25, 0.3) is 0 Å². The zero-order valence-electron chi connectivity index (χ0n) is 8.62. The van der Waals surface area contributed by atoms with E-state index in [9.17, 15) is 14.3 Å². The van der Waals surface area contributed by atoms with Gasteiger partial charge in [0.1, 0.15) is 12.2 Å². The lowest BCUT2D eigenvalue weighted by atomic mass is 10.1. The molecule has 4 atom stereocenters. The summed E-state index contributed by atoms with van der Waals surface area (Å²) in [5.41, 5.74) is -0.404. The van der Waals surface area contributed by atoms with Crippen LogP contribution in [0.2, 0.25) is 0 Å². The number of aromatic amines is 1. The van der Waals surface area contributed by atoms with Gasteiger partial charge in [0.2, 0.25) is 0 Å². The molecule has 94 valence electrons. The van der Waals surface area contributed by atoms with E-state index in [4.69, 9.17) is 22.1 Å². The van der Waals surface area contributed by atoms with Crippen molar-refractivity contribution in [2.24, 2.45) is 0 Å². The molecule has 1 saturated heterocycles. The molecule has 1 fully saturated rings. The monoisotopic (exact) mass is 262 g/mol. The number of aromatic nitrogens is 2. The zero-order valence-corrected chi connectivity index (χ0v) is 9.43. The summed E-state index contributed by atoms with van der Waals surface area (Å²) in [5, 5.41) is 18.3. The van der Waals surface area contributed by atoms with Gasteiger partial charge in [-0.1, -0.05) is 0 Å². The Hall–Kier alpha value is -1.09. The molecule has 2 heterocycles. The Bertz CT molecular complexity index is 516. The first-order valence-electron chi connectivity index (χ1n) is 4.94. The number of aliphatic hydroxyl groups excluding tert-OH is 2. The number of nitrogens with one attached hydrogen (secondary N) is 1. The smallest absolute Gasteiger partial charge is 0.251 e. The van der Waals surface area contributed by atoms with Gasteiger partial charge in [0.25, 0.3) is 5.56 Å². The molecule has 1 aliphatic rings. The van der Waals surface area contributed by atoms with Gasteiger partial charge in [-0.25, -0.2) is 4.39 Å². The van der Waals surface area contributed by atoms with Gasteiger partial charge < -0.3 is 14.9 Å². The summed E-state index contributed by atoms with van der Waals surface area (Å²) < 4.78 is 20.1. The number of ether oxygens (including phenoxy) is 1. The van der Waals surface area contributed by atoms with Gasteiger partial charge in [-0.15, -0.1) is 0 Å². The lowest BCUT2D eigenvalue weighted by Crippen LogP contribution is -2.30. The van der Waals surface area contributed by atoms with Crippen LogP contribution >= 0.6 is 12.2 Å². The Morgan fingerprint density at radius 1 is 1.65 bits per heavy atom. The van der Waals surface area contributed by atoms with E-state index in [-0.39, 0.29) is 4.77 Å². The molecule has 0 bridgehead atoms. The number of H-pyrrole nitrogens is 1. The van der Waals surface area contributed by atoms with Crippen LogP contribution in [0.4, 0.5) is 4.39 Å². The van der Waals surface area contributed by atoms with Gasteiger partial charge in [-0.2, -0.15) is 0 Å². The maximum atomic E-state index is 13.7. The highest BCUT2D eigenvalue weighted by atomic mass is 32.1. The predicted octanol–water partition coefficient (Wildman–Crippen LogP) is -0.505. The molecule has 6 nitrogen and oxygen atoms in total. The maximum absolute atomic E-state index is 13.7. The standard InChI is InChI=1S/C9H11FN2O4S/c10-6-7(15)4(3-13)16-8(6)12-2-1-5(14)11-9(12)17/h1-2,4,6-8,13,15H,3H2,(H,11,14,17)/t4-,6-,7?,8-/m1/s1. The highest BCUT2D eigenvalue weighted by Gasteiger charge is 2.44. The van der Waals surface area contributed by atoms with E-state index >= 15 is 0 Å². The molecule has 2 rings (SSSR count). The van der Waals surface area contributed by atoms with E-state index in [0.717, 1.165) is 0 Å². The third-order valence-electron chi connectivity index (χ3n) is 2.60. The third-order valence-corrected chi connectivity index (χ3v) is 2.91. The molecule has 0 spiro atoms. The van der Waals surface area contributed by atoms with Crippen molar-refractivity contribution in [1.82, 2.24) is 9.55 Å². The molecule has 0 aliphatic carbocycles. The van der Waals surface area contributed by atoms with Crippen LogP contribution in [0.3, 0.4) is 0 Å². The van der Waals surface area contributed by atoms with Crippen LogP contribution in [0, 0.1) is 4.77 Å². The lowest BCUT2D eigenvalue weighted by Gasteiger charge is -2.16. The van der Waals surface area contributed by atoms with Crippen molar-refractivity contribution in [3.05, 3.63) is 27.4 Å². The molecule has 17 heavy (non-hydrogen) atoms. The van der Waals surface area contributed by atoms with Gasteiger partial charge in [0.15, 0.2) is 17.2 Å². The lowest BCUT2D eigenvalue weighted by molar-refractivity contribution is -0.0484. The fourth-order valence-electron chi connectivity index (χ4n) is 1.71. The van der Waals surface area contributed by atoms with Crippen LogP contribution in [0.15, 0.2) is 17.1 Å². The molecule has 1 aromatic rings. The molecule has 8 heteroatoms. The Kier molecular flexibility index (Phi) is 3.38. The summed E-state index contributed by atoms with van der Waals surface area (Å²) >= 11 is 4.86. The largest absolute Gasteiger partial charge is 0.394 e. The van der Waals surface area contributed by atoms with Crippen LogP contribution in [-0.2, 0) is 4.74 Å². The average Bonchev–Trinajstić information content (AvgIpc) is 2.57. The number of rotatable bonds is 2. The van der Waals surface area contributed by atoms with Crippen LogP contribution < -0.4 is 5.56 Å². The van der Waals surface area contributed by atoms with Crippen molar-refractivity contribution >= 4 is 12.2 Å². The average molecular weight is 262 g/mol. The topological polar surface area (TPSA) is 87.5 Å². The maximum Gasteiger partial charge on any atom is 0.251 e. The minimum atomic E-state index is -1.72. The highest BCUT2D eigenvalue weighted by Crippen LogP contribution is 2.31. The van der Waals surface area contributed by atoms with E-state index in [2.05, 4.69) is 4.98 Å². The van der Waals surface area contributed by atoms with E-state index in [1.165, 1.54) is 16.8 Å². The van der Waals surface area contributed by atoms with Gasteiger partial charge in [-0.3, -0.25) is 14.3 Å². The molecule has 1 unspecified atom stereocenters. The second kappa shape index (κ2) is 4.65. The van der Waals surface area contributed by atoms with Crippen LogP contribution in [0.1, 0.15) is 6.23 Å². The molecule has 3 N–H and O–H groups in total. The predicted molar refractivity (Wildman–Crippen MR) is 57.8 cm³/mol. The first-order valence-corrected chi connectivity index (χ1v) is 5.35. The van der Waals surface area contributed by atoms with E-state index in [0.29, 0.717) is 0 Å². The summed E-state index contributed by atoms with van der Waals surface area (Å²) in [6, 6.07) is 1.17. The summed E-state index contributed by atoms with van der Waals surface area (Å²) in [4.78, 5) is 13.3. The van der Waals surface area contributed by atoms with Crippen molar-refractivity contribution < 1.29 is 19.3 Å². The van der Waals surface area contributed by atoms with E-state index < -0.39 is 36.8 Å². The Morgan fingerprint density at radius 3 is 2.88 bits per heavy atom. The number of hydrogen-bond acceptors (Lipinski definition) is 5. The van der Waals surface area contributed by atoms with Gasteiger partial charge in [0, 0.05) is 12.3 Å².